The average Bonchev–Trinajstić information content (AvgIpc) is 2.19. The zero-order chi connectivity index (χ0) is 13.1. The van der Waals surface area contributed by atoms with Crippen LogP contribution in [0.4, 0.5) is 5.69 Å². The van der Waals surface area contributed by atoms with Gasteiger partial charge in [-0.05, 0) is 37.9 Å². The highest BCUT2D eigenvalue weighted by Crippen LogP contribution is 2.37. The van der Waals surface area contributed by atoms with Crippen molar-refractivity contribution in [3.63, 3.8) is 0 Å². The van der Waals surface area contributed by atoms with Crippen LogP contribution < -0.4 is 11.0 Å². The van der Waals surface area contributed by atoms with Crippen LogP contribution in [0.1, 0.15) is 12.5 Å². The highest BCUT2D eigenvalue weighted by molar-refractivity contribution is 7.70. The van der Waals surface area contributed by atoms with Crippen molar-refractivity contribution in [1.29, 1.82) is 0 Å². The van der Waals surface area contributed by atoms with Crippen molar-refractivity contribution < 1.29 is 14.1 Å². The lowest BCUT2D eigenvalue weighted by Crippen LogP contribution is -2.13. The molecule has 0 aliphatic carbocycles. The van der Waals surface area contributed by atoms with E-state index in [0.717, 1.165) is 5.56 Å². The van der Waals surface area contributed by atoms with E-state index >= 15 is 0 Å². The maximum Gasteiger partial charge on any atom is 0.310 e. The first kappa shape index (κ1) is 13.8. The average molecular weight is 255 g/mol. The standard InChI is InChI=1S/C12H18NO3P/c1-4-16-12(14)8-9-5-6-10(13)11(7-9)17(2,3)15/h5-7H,4,8,13H2,1-3H3. The van der Waals surface area contributed by atoms with E-state index in [1.165, 1.54) is 0 Å². The summed E-state index contributed by atoms with van der Waals surface area (Å²) in [6, 6.07) is 5.17. The predicted molar refractivity (Wildman–Crippen MR) is 70.3 cm³/mol. The Morgan fingerprint density at radius 1 is 1.41 bits per heavy atom. The molecule has 0 aliphatic rings. The van der Waals surface area contributed by atoms with Gasteiger partial charge in [0.25, 0.3) is 0 Å². The van der Waals surface area contributed by atoms with Gasteiger partial charge >= 0.3 is 5.97 Å². The third kappa shape index (κ3) is 3.90. The molecule has 0 spiro atoms. The minimum atomic E-state index is -2.42. The van der Waals surface area contributed by atoms with Crippen LogP contribution in [0, 0.1) is 0 Å². The SMILES string of the molecule is CCOC(=O)Cc1ccc(N)c(P(C)(C)=O)c1. The van der Waals surface area contributed by atoms with E-state index in [-0.39, 0.29) is 12.4 Å². The van der Waals surface area contributed by atoms with Gasteiger partial charge < -0.3 is 15.0 Å². The second kappa shape index (κ2) is 5.37. The largest absolute Gasteiger partial charge is 0.466 e. The van der Waals surface area contributed by atoms with Crippen LogP contribution in [0.5, 0.6) is 0 Å². The second-order valence-corrected chi connectivity index (χ2v) is 7.41. The Labute approximate surface area is 102 Å². The monoisotopic (exact) mass is 255 g/mol. The number of benzene rings is 1. The third-order valence-corrected chi connectivity index (χ3v) is 3.88. The molecule has 0 atom stereocenters. The minimum Gasteiger partial charge on any atom is -0.466 e. The Balaban J connectivity index is 2.97. The number of hydrogen-bond acceptors (Lipinski definition) is 4. The van der Waals surface area contributed by atoms with Crippen LogP contribution in [-0.2, 0) is 20.5 Å². The number of rotatable bonds is 4. The van der Waals surface area contributed by atoms with Crippen LogP contribution in [0.25, 0.3) is 0 Å². The second-order valence-electron chi connectivity index (χ2n) is 4.23. The topological polar surface area (TPSA) is 69.4 Å². The number of nitrogen functional groups attached to an aromatic ring is 1. The molecule has 1 aromatic rings. The van der Waals surface area contributed by atoms with Crippen molar-refractivity contribution in [1.82, 2.24) is 0 Å². The maximum absolute atomic E-state index is 12.0. The van der Waals surface area contributed by atoms with Gasteiger partial charge in [0.2, 0.25) is 0 Å². The van der Waals surface area contributed by atoms with Gasteiger partial charge in [0.15, 0.2) is 0 Å². The smallest absolute Gasteiger partial charge is 0.310 e. The third-order valence-electron chi connectivity index (χ3n) is 2.33. The zero-order valence-corrected chi connectivity index (χ0v) is 11.3. The fourth-order valence-electron chi connectivity index (χ4n) is 1.54. The molecule has 0 saturated carbocycles. The van der Waals surface area contributed by atoms with E-state index in [9.17, 15) is 9.36 Å². The summed E-state index contributed by atoms with van der Waals surface area (Å²) in [6.07, 6.45) is 0.182. The Bertz CT molecular complexity index is 465. The van der Waals surface area contributed by atoms with Crippen LogP contribution in [0.15, 0.2) is 18.2 Å². The van der Waals surface area contributed by atoms with Crippen LogP contribution in [0.2, 0.25) is 0 Å². The summed E-state index contributed by atoms with van der Waals surface area (Å²) >= 11 is 0. The molecule has 2 N–H and O–H groups in total. The molecule has 4 nitrogen and oxygen atoms in total. The molecule has 0 aliphatic heterocycles. The molecule has 0 unspecified atom stereocenters. The lowest BCUT2D eigenvalue weighted by molar-refractivity contribution is -0.142. The van der Waals surface area contributed by atoms with Crippen molar-refractivity contribution in [3.8, 4) is 0 Å². The highest BCUT2D eigenvalue weighted by atomic mass is 31.2. The van der Waals surface area contributed by atoms with E-state index in [1.54, 1.807) is 38.5 Å². The summed E-state index contributed by atoms with van der Waals surface area (Å²) in [5, 5.41) is 0.624. The minimum absolute atomic E-state index is 0.182. The number of hydrogen-bond donors (Lipinski definition) is 1. The Morgan fingerprint density at radius 3 is 2.59 bits per heavy atom. The van der Waals surface area contributed by atoms with Crippen LogP contribution >= 0.6 is 7.14 Å². The number of ether oxygens (including phenoxy) is 1. The first-order chi connectivity index (χ1) is 7.84. The number of carbonyl (C=O) groups excluding carboxylic acids is 1. The van der Waals surface area contributed by atoms with Crippen molar-refractivity contribution in [3.05, 3.63) is 23.8 Å². The summed E-state index contributed by atoms with van der Waals surface area (Å²) in [4.78, 5) is 11.3. The quantitative estimate of drug-likeness (QED) is 0.504. The van der Waals surface area contributed by atoms with Crippen molar-refractivity contribution >= 4 is 24.1 Å². The number of carbonyl (C=O) groups is 1. The van der Waals surface area contributed by atoms with Gasteiger partial charge in [0.1, 0.15) is 7.14 Å². The normalized spacial score (nSPS) is 11.2. The highest BCUT2D eigenvalue weighted by Gasteiger charge is 2.16. The first-order valence-corrected chi connectivity index (χ1v) is 8.04. The summed E-state index contributed by atoms with van der Waals surface area (Å²) in [6.45, 7) is 5.44. The fourth-order valence-corrected chi connectivity index (χ4v) is 2.72. The molecular formula is C12H18NO3P. The summed E-state index contributed by atoms with van der Waals surface area (Å²) in [7, 11) is -2.42. The van der Waals surface area contributed by atoms with Gasteiger partial charge in [-0.1, -0.05) is 6.07 Å². The molecule has 0 amide bonds. The lowest BCUT2D eigenvalue weighted by Gasteiger charge is -2.12. The van der Waals surface area contributed by atoms with Crippen molar-refractivity contribution in [2.75, 3.05) is 25.7 Å². The van der Waals surface area contributed by atoms with E-state index < -0.39 is 7.14 Å². The molecular weight excluding hydrogens is 237 g/mol. The molecule has 94 valence electrons. The molecule has 0 bridgehead atoms. The Morgan fingerprint density at radius 2 is 2.06 bits per heavy atom. The van der Waals surface area contributed by atoms with Crippen molar-refractivity contribution in [2.24, 2.45) is 0 Å². The lowest BCUT2D eigenvalue weighted by atomic mass is 10.1. The number of anilines is 1. The number of nitrogens with two attached hydrogens (primary N) is 1. The van der Waals surface area contributed by atoms with E-state index in [1.807, 2.05) is 0 Å². The van der Waals surface area contributed by atoms with Gasteiger partial charge in [-0.25, -0.2) is 0 Å². The first-order valence-electron chi connectivity index (χ1n) is 5.44. The molecule has 5 heteroatoms. The summed E-state index contributed by atoms with van der Waals surface area (Å²) < 4.78 is 16.9. The van der Waals surface area contributed by atoms with E-state index in [0.29, 0.717) is 17.6 Å². The van der Waals surface area contributed by atoms with Crippen LogP contribution in [0.3, 0.4) is 0 Å². The Hall–Kier alpha value is -1.28. The van der Waals surface area contributed by atoms with Gasteiger partial charge in [-0.2, -0.15) is 0 Å². The van der Waals surface area contributed by atoms with E-state index in [4.69, 9.17) is 10.5 Å². The van der Waals surface area contributed by atoms with Gasteiger partial charge in [0.05, 0.1) is 13.0 Å². The summed E-state index contributed by atoms with van der Waals surface area (Å²) in [5.74, 6) is -0.287. The molecule has 0 aromatic heterocycles. The molecule has 1 aromatic carbocycles. The van der Waals surface area contributed by atoms with E-state index in [2.05, 4.69) is 0 Å². The maximum atomic E-state index is 12.0. The molecule has 0 radical (unpaired) electrons. The molecule has 0 fully saturated rings. The van der Waals surface area contributed by atoms with Crippen LogP contribution in [-0.4, -0.2) is 25.9 Å². The molecule has 1 rings (SSSR count). The predicted octanol–water partition coefficient (Wildman–Crippen LogP) is 1.62. The molecule has 17 heavy (non-hydrogen) atoms. The summed E-state index contributed by atoms with van der Waals surface area (Å²) in [5.41, 5.74) is 7.06. The van der Waals surface area contributed by atoms with Gasteiger partial charge in [-0.3, -0.25) is 4.79 Å². The Kier molecular flexibility index (Phi) is 4.35. The fraction of sp³-hybridized carbons (Fsp3) is 0.417. The number of esters is 1. The van der Waals surface area contributed by atoms with Crippen molar-refractivity contribution in [2.45, 2.75) is 13.3 Å². The molecule has 0 heterocycles. The molecule has 0 saturated heterocycles. The van der Waals surface area contributed by atoms with Gasteiger partial charge in [-0.15, -0.1) is 0 Å². The zero-order valence-electron chi connectivity index (χ0n) is 10.4. The van der Waals surface area contributed by atoms with Gasteiger partial charge in [0, 0.05) is 11.0 Å².